The van der Waals surface area contributed by atoms with Crippen LogP contribution in [0.5, 0.6) is 5.75 Å². The van der Waals surface area contributed by atoms with E-state index < -0.39 is 16.4 Å². The van der Waals surface area contributed by atoms with Crippen LogP contribution in [0.3, 0.4) is 0 Å². The lowest BCUT2D eigenvalue weighted by atomic mass is 10.0. The van der Waals surface area contributed by atoms with Gasteiger partial charge in [-0.2, -0.15) is 0 Å². The SMILES string of the molecule is CC1CC(NC(=O)c2ccc([N+](=O)[O-])c(O)c2)CCO1. The molecule has 7 nitrogen and oxygen atoms in total. The maximum atomic E-state index is 12.0. The molecule has 108 valence electrons. The second-order valence-corrected chi connectivity index (χ2v) is 4.84. The topological polar surface area (TPSA) is 102 Å². The number of carbonyl (C=O) groups excluding carboxylic acids is 1. The number of amides is 1. The summed E-state index contributed by atoms with van der Waals surface area (Å²) in [6.45, 7) is 2.54. The van der Waals surface area contributed by atoms with Gasteiger partial charge in [0.1, 0.15) is 0 Å². The highest BCUT2D eigenvalue weighted by molar-refractivity contribution is 5.95. The van der Waals surface area contributed by atoms with Gasteiger partial charge < -0.3 is 15.2 Å². The highest BCUT2D eigenvalue weighted by atomic mass is 16.6. The molecule has 1 aromatic carbocycles. The van der Waals surface area contributed by atoms with Crippen LogP contribution in [0.1, 0.15) is 30.1 Å². The Balaban J connectivity index is 2.05. The van der Waals surface area contributed by atoms with Crippen molar-refractivity contribution < 1.29 is 19.6 Å². The van der Waals surface area contributed by atoms with E-state index in [9.17, 15) is 20.0 Å². The van der Waals surface area contributed by atoms with E-state index in [2.05, 4.69) is 5.32 Å². The third-order valence-electron chi connectivity index (χ3n) is 3.25. The Kier molecular flexibility index (Phi) is 4.19. The molecule has 0 aliphatic carbocycles. The molecule has 1 saturated heterocycles. The molecular formula is C13H16N2O5. The van der Waals surface area contributed by atoms with Gasteiger partial charge in [0.15, 0.2) is 5.75 Å². The van der Waals surface area contributed by atoms with Crippen molar-refractivity contribution >= 4 is 11.6 Å². The van der Waals surface area contributed by atoms with Crippen molar-refractivity contribution in [1.29, 1.82) is 0 Å². The Bertz CT molecular complexity index is 531. The van der Waals surface area contributed by atoms with Crippen molar-refractivity contribution in [3.8, 4) is 5.75 Å². The van der Waals surface area contributed by atoms with Gasteiger partial charge in [0.2, 0.25) is 0 Å². The first kappa shape index (κ1) is 14.3. The molecular weight excluding hydrogens is 264 g/mol. The van der Waals surface area contributed by atoms with Crippen molar-refractivity contribution in [3.63, 3.8) is 0 Å². The summed E-state index contributed by atoms with van der Waals surface area (Å²) in [5.74, 6) is -0.864. The number of ether oxygens (including phenoxy) is 1. The number of carbonyl (C=O) groups is 1. The molecule has 20 heavy (non-hydrogen) atoms. The minimum absolute atomic E-state index is 0.0172. The molecule has 1 aromatic rings. The molecule has 2 unspecified atom stereocenters. The van der Waals surface area contributed by atoms with Crippen LogP contribution in [-0.4, -0.2) is 34.7 Å². The summed E-state index contributed by atoms with van der Waals surface area (Å²) in [4.78, 5) is 21.9. The number of rotatable bonds is 3. The van der Waals surface area contributed by atoms with Crippen LogP contribution in [0, 0.1) is 10.1 Å². The Morgan fingerprint density at radius 3 is 2.90 bits per heavy atom. The number of nitrogens with zero attached hydrogens (tertiary/aromatic N) is 1. The number of nitrogens with one attached hydrogen (secondary N) is 1. The Morgan fingerprint density at radius 2 is 2.30 bits per heavy atom. The molecule has 0 saturated carbocycles. The number of phenolic OH excluding ortho intramolecular Hbond substituents is 1. The Hall–Kier alpha value is -2.15. The van der Waals surface area contributed by atoms with Gasteiger partial charge in [-0.3, -0.25) is 14.9 Å². The minimum atomic E-state index is -0.697. The molecule has 1 aliphatic rings. The van der Waals surface area contributed by atoms with Gasteiger partial charge >= 0.3 is 5.69 Å². The van der Waals surface area contributed by atoms with E-state index in [-0.39, 0.29) is 23.6 Å². The van der Waals surface area contributed by atoms with Gasteiger partial charge in [0.25, 0.3) is 5.91 Å². The summed E-state index contributed by atoms with van der Waals surface area (Å²) in [5, 5.41) is 22.9. The fourth-order valence-electron chi connectivity index (χ4n) is 2.22. The molecule has 0 spiro atoms. The molecule has 1 heterocycles. The fraction of sp³-hybridized carbons (Fsp3) is 0.462. The van der Waals surface area contributed by atoms with Crippen molar-refractivity contribution in [2.75, 3.05) is 6.61 Å². The highest BCUT2D eigenvalue weighted by Crippen LogP contribution is 2.26. The van der Waals surface area contributed by atoms with Crippen LogP contribution in [0.25, 0.3) is 0 Å². The summed E-state index contributed by atoms with van der Waals surface area (Å²) >= 11 is 0. The highest BCUT2D eigenvalue weighted by Gasteiger charge is 2.22. The zero-order chi connectivity index (χ0) is 14.7. The second kappa shape index (κ2) is 5.87. The molecule has 1 fully saturated rings. The average Bonchev–Trinajstić information content (AvgIpc) is 2.38. The maximum Gasteiger partial charge on any atom is 0.310 e. The standard InChI is InChI=1S/C13H16N2O5/c1-8-6-10(4-5-20-8)14-13(17)9-2-3-11(15(18)19)12(16)7-9/h2-3,7-8,10,16H,4-6H2,1H3,(H,14,17). The zero-order valence-corrected chi connectivity index (χ0v) is 11.0. The lowest BCUT2D eigenvalue weighted by Gasteiger charge is -2.27. The summed E-state index contributed by atoms with van der Waals surface area (Å²) in [6, 6.07) is 3.58. The number of nitro benzene ring substituents is 1. The van der Waals surface area contributed by atoms with E-state index in [0.717, 1.165) is 25.0 Å². The van der Waals surface area contributed by atoms with Crippen LogP contribution in [0.15, 0.2) is 18.2 Å². The summed E-state index contributed by atoms with van der Waals surface area (Å²) < 4.78 is 5.39. The average molecular weight is 280 g/mol. The number of nitro groups is 1. The van der Waals surface area contributed by atoms with Crippen molar-refractivity contribution in [3.05, 3.63) is 33.9 Å². The number of hydrogen-bond donors (Lipinski definition) is 2. The van der Waals surface area contributed by atoms with E-state index in [1.165, 1.54) is 6.07 Å². The van der Waals surface area contributed by atoms with E-state index >= 15 is 0 Å². The quantitative estimate of drug-likeness (QED) is 0.646. The van der Waals surface area contributed by atoms with Crippen LogP contribution < -0.4 is 5.32 Å². The largest absolute Gasteiger partial charge is 0.502 e. The van der Waals surface area contributed by atoms with Gasteiger partial charge in [0.05, 0.1) is 11.0 Å². The molecule has 0 aromatic heterocycles. The number of phenols is 1. The summed E-state index contributed by atoms with van der Waals surface area (Å²) in [5.41, 5.74) is -0.214. The minimum Gasteiger partial charge on any atom is -0.502 e. The molecule has 0 radical (unpaired) electrons. The first-order chi connectivity index (χ1) is 9.47. The second-order valence-electron chi connectivity index (χ2n) is 4.84. The number of benzene rings is 1. The lowest BCUT2D eigenvalue weighted by Crippen LogP contribution is -2.41. The fourth-order valence-corrected chi connectivity index (χ4v) is 2.22. The lowest BCUT2D eigenvalue weighted by molar-refractivity contribution is -0.385. The Labute approximate surface area is 115 Å². The predicted molar refractivity (Wildman–Crippen MR) is 70.7 cm³/mol. The Morgan fingerprint density at radius 1 is 1.55 bits per heavy atom. The van der Waals surface area contributed by atoms with Gasteiger partial charge in [-0.1, -0.05) is 0 Å². The molecule has 2 atom stereocenters. The van der Waals surface area contributed by atoms with Crippen LogP contribution in [0.4, 0.5) is 5.69 Å². The monoisotopic (exact) mass is 280 g/mol. The first-order valence-electron chi connectivity index (χ1n) is 6.37. The van der Waals surface area contributed by atoms with E-state index in [1.807, 2.05) is 6.92 Å². The van der Waals surface area contributed by atoms with Crippen LogP contribution in [0.2, 0.25) is 0 Å². The van der Waals surface area contributed by atoms with E-state index in [4.69, 9.17) is 4.74 Å². The normalized spacial score (nSPS) is 22.2. The molecule has 2 rings (SSSR count). The number of aromatic hydroxyl groups is 1. The molecule has 1 aliphatic heterocycles. The molecule has 2 N–H and O–H groups in total. The summed E-state index contributed by atoms with van der Waals surface area (Å²) in [6.07, 6.45) is 1.55. The molecule has 7 heteroatoms. The zero-order valence-electron chi connectivity index (χ0n) is 11.0. The number of hydrogen-bond acceptors (Lipinski definition) is 5. The van der Waals surface area contributed by atoms with Crippen molar-refractivity contribution in [2.24, 2.45) is 0 Å². The smallest absolute Gasteiger partial charge is 0.310 e. The molecule has 1 amide bonds. The van der Waals surface area contributed by atoms with Gasteiger partial charge in [-0.15, -0.1) is 0 Å². The third kappa shape index (κ3) is 3.24. The van der Waals surface area contributed by atoms with Crippen molar-refractivity contribution in [2.45, 2.75) is 31.9 Å². The van der Waals surface area contributed by atoms with E-state index in [0.29, 0.717) is 6.61 Å². The van der Waals surface area contributed by atoms with Gasteiger partial charge in [-0.05, 0) is 31.9 Å². The predicted octanol–water partition coefficient (Wildman–Crippen LogP) is 1.60. The van der Waals surface area contributed by atoms with Crippen LogP contribution in [-0.2, 0) is 4.74 Å². The van der Waals surface area contributed by atoms with Gasteiger partial charge in [-0.25, -0.2) is 0 Å². The van der Waals surface area contributed by atoms with Crippen molar-refractivity contribution in [1.82, 2.24) is 5.32 Å². The maximum absolute atomic E-state index is 12.0. The van der Waals surface area contributed by atoms with Crippen LogP contribution >= 0.6 is 0 Å². The van der Waals surface area contributed by atoms with E-state index in [1.54, 1.807) is 0 Å². The third-order valence-corrected chi connectivity index (χ3v) is 3.25. The molecule has 0 bridgehead atoms. The van der Waals surface area contributed by atoms with Gasteiger partial charge in [0, 0.05) is 24.3 Å². The first-order valence-corrected chi connectivity index (χ1v) is 6.37. The summed E-state index contributed by atoms with van der Waals surface area (Å²) in [7, 11) is 0.